The van der Waals surface area contributed by atoms with Crippen LogP contribution in [0.25, 0.3) is 11.0 Å². The molecule has 1 fully saturated rings. The molecule has 0 bridgehead atoms. The molecule has 0 unspecified atom stereocenters. The molecule has 1 amide bonds. The molecule has 124 valence electrons. The van der Waals surface area contributed by atoms with Crippen molar-refractivity contribution in [2.75, 3.05) is 12.3 Å². The summed E-state index contributed by atoms with van der Waals surface area (Å²) < 4.78 is 6.83. The molecule has 23 heavy (non-hydrogen) atoms. The first kappa shape index (κ1) is 15.6. The minimum Gasteiger partial charge on any atom is -0.394 e. The van der Waals surface area contributed by atoms with E-state index in [0.29, 0.717) is 5.82 Å². The van der Waals surface area contributed by atoms with Gasteiger partial charge in [-0.25, -0.2) is 9.97 Å². The van der Waals surface area contributed by atoms with Crippen LogP contribution in [0.2, 0.25) is 0 Å². The van der Waals surface area contributed by atoms with Crippen molar-refractivity contribution in [3.63, 3.8) is 0 Å². The summed E-state index contributed by atoms with van der Waals surface area (Å²) in [4.78, 5) is 19.9. The zero-order chi connectivity index (χ0) is 16.9. The Labute approximate surface area is 130 Å². The maximum absolute atomic E-state index is 11.7. The third-order valence-electron chi connectivity index (χ3n) is 3.87. The van der Waals surface area contributed by atoms with Crippen LogP contribution in [-0.4, -0.2) is 60.7 Å². The molecule has 10 nitrogen and oxygen atoms in total. The summed E-state index contributed by atoms with van der Waals surface area (Å²) in [6, 6.07) is 0. The largest absolute Gasteiger partial charge is 0.394 e. The van der Waals surface area contributed by atoms with Crippen molar-refractivity contribution in [2.24, 2.45) is 5.73 Å². The number of ether oxygens (including phenoxy) is 1. The summed E-state index contributed by atoms with van der Waals surface area (Å²) >= 11 is 0. The van der Waals surface area contributed by atoms with Gasteiger partial charge in [0.15, 0.2) is 6.23 Å². The van der Waals surface area contributed by atoms with Crippen LogP contribution in [-0.2, 0) is 4.74 Å². The number of hydrogen-bond donors (Lipinski definition) is 5. The Morgan fingerprint density at radius 2 is 2.09 bits per heavy atom. The van der Waals surface area contributed by atoms with Gasteiger partial charge < -0.3 is 36.1 Å². The van der Waals surface area contributed by atoms with Crippen molar-refractivity contribution < 1.29 is 24.9 Å². The van der Waals surface area contributed by atoms with E-state index in [1.54, 1.807) is 6.92 Å². The highest BCUT2D eigenvalue weighted by molar-refractivity contribution is 6.08. The third-order valence-corrected chi connectivity index (χ3v) is 3.87. The Bertz CT molecular complexity index is 776. The minimum atomic E-state index is -1.32. The average molecular weight is 323 g/mol. The van der Waals surface area contributed by atoms with Gasteiger partial charge in [-0.05, 0) is 6.92 Å². The predicted octanol–water partition coefficient (Wildman–Crippen LogP) is -1.97. The van der Waals surface area contributed by atoms with Crippen molar-refractivity contribution in [3.8, 4) is 0 Å². The van der Waals surface area contributed by atoms with Gasteiger partial charge in [0.1, 0.15) is 35.6 Å². The van der Waals surface area contributed by atoms with Crippen LogP contribution in [0.3, 0.4) is 0 Å². The van der Waals surface area contributed by atoms with E-state index in [4.69, 9.17) is 16.2 Å². The highest BCUT2D eigenvalue weighted by Crippen LogP contribution is 2.34. The Morgan fingerprint density at radius 3 is 2.65 bits per heavy atom. The molecule has 3 rings (SSSR count). The van der Waals surface area contributed by atoms with Gasteiger partial charge in [-0.3, -0.25) is 4.79 Å². The fourth-order valence-electron chi connectivity index (χ4n) is 2.78. The number of aryl methyl sites for hydroxylation is 1. The summed E-state index contributed by atoms with van der Waals surface area (Å²) in [5, 5.41) is 29.5. The van der Waals surface area contributed by atoms with Gasteiger partial charge in [0.05, 0.1) is 17.6 Å². The fraction of sp³-hybridized carbons (Fsp3) is 0.462. The zero-order valence-electron chi connectivity index (χ0n) is 12.2. The normalized spacial score (nSPS) is 27.7. The molecule has 2 aromatic rings. The lowest BCUT2D eigenvalue weighted by Crippen LogP contribution is -2.33. The summed E-state index contributed by atoms with van der Waals surface area (Å²) in [6.07, 6.45) is -3.26. The number of nitrogen functional groups attached to an aromatic ring is 1. The van der Waals surface area contributed by atoms with Gasteiger partial charge in [0.25, 0.3) is 5.91 Å². The summed E-state index contributed by atoms with van der Waals surface area (Å²) in [6.45, 7) is 1.15. The molecule has 3 heterocycles. The summed E-state index contributed by atoms with van der Waals surface area (Å²) in [7, 11) is 0. The molecule has 1 aliphatic rings. The molecule has 1 saturated heterocycles. The number of carbonyl (C=O) groups is 1. The van der Waals surface area contributed by atoms with E-state index < -0.39 is 37.1 Å². The quantitative estimate of drug-likeness (QED) is 0.433. The Balaban J connectivity index is 2.20. The molecule has 0 radical (unpaired) electrons. The molecule has 1 aliphatic heterocycles. The van der Waals surface area contributed by atoms with E-state index in [9.17, 15) is 20.1 Å². The molecular formula is C13H17N5O5. The number of anilines is 1. The first-order valence-electron chi connectivity index (χ1n) is 6.92. The summed E-state index contributed by atoms with van der Waals surface area (Å²) in [5.74, 6) is -0.302. The van der Waals surface area contributed by atoms with E-state index in [1.807, 2.05) is 0 Å². The standard InChI is InChI=1S/C13H17N5O5/c1-4-16-10(14)7-5(11(15)22)2-18(12(7)17-4)13-9(21)8(20)6(3-19)23-13/h2,6,8-9,13,19-21H,3H2,1H3,(H2,15,22)(H2,14,16,17)/t6-,8-,9-,13-/m0/s1. The van der Waals surface area contributed by atoms with Crippen molar-refractivity contribution in [1.82, 2.24) is 14.5 Å². The lowest BCUT2D eigenvalue weighted by Gasteiger charge is -2.17. The average Bonchev–Trinajstić information content (AvgIpc) is 2.99. The smallest absolute Gasteiger partial charge is 0.251 e. The number of nitrogens with two attached hydrogens (primary N) is 2. The van der Waals surface area contributed by atoms with Gasteiger partial charge in [-0.2, -0.15) is 0 Å². The van der Waals surface area contributed by atoms with Crippen molar-refractivity contribution in [1.29, 1.82) is 0 Å². The van der Waals surface area contributed by atoms with E-state index in [0.717, 1.165) is 0 Å². The number of primary amides is 1. The van der Waals surface area contributed by atoms with Crippen LogP contribution in [0, 0.1) is 6.92 Å². The van der Waals surface area contributed by atoms with Gasteiger partial charge in [-0.15, -0.1) is 0 Å². The molecule has 0 aromatic carbocycles. The second kappa shape index (κ2) is 5.42. The van der Waals surface area contributed by atoms with Gasteiger partial charge in [0.2, 0.25) is 0 Å². The SMILES string of the molecule is Cc1nc(N)c2c(C(N)=O)cn([C@H]3O[C@@H](CO)[C@H](O)[C@@H]3O)c2n1. The lowest BCUT2D eigenvalue weighted by molar-refractivity contribution is -0.0509. The molecule has 10 heteroatoms. The van der Waals surface area contributed by atoms with E-state index in [1.165, 1.54) is 10.8 Å². The molecular weight excluding hydrogens is 306 g/mol. The van der Waals surface area contributed by atoms with Crippen molar-refractivity contribution >= 4 is 22.8 Å². The highest BCUT2D eigenvalue weighted by atomic mass is 16.6. The molecule has 0 saturated carbocycles. The van der Waals surface area contributed by atoms with Crippen molar-refractivity contribution in [3.05, 3.63) is 17.6 Å². The van der Waals surface area contributed by atoms with Crippen LogP contribution in [0.5, 0.6) is 0 Å². The van der Waals surface area contributed by atoms with Crippen LogP contribution in [0.1, 0.15) is 22.4 Å². The maximum Gasteiger partial charge on any atom is 0.251 e. The Morgan fingerprint density at radius 1 is 1.39 bits per heavy atom. The number of hydrogen-bond acceptors (Lipinski definition) is 8. The highest BCUT2D eigenvalue weighted by Gasteiger charge is 2.44. The van der Waals surface area contributed by atoms with Crippen LogP contribution >= 0.6 is 0 Å². The van der Waals surface area contributed by atoms with Crippen LogP contribution < -0.4 is 11.5 Å². The second-order valence-corrected chi connectivity index (χ2v) is 5.40. The Kier molecular flexibility index (Phi) is 3.68. The van der Waals surface area contributed by atoms with Gasteiger partial charge in [0, 0.05) is 6.20 Å². The monoisotopic (exact) mass is 323 g/mol. The molecule has 4 atom stereocenters. The lowest BCUT2D eigenvalue weighted by atomic mass is 10.1. The number of nitrogens with zero attached hydrogens (tertiary/aromatic N) is 3. The van der Waals surface area contributed by atoms with Crippen LogP contribution in [0.15, 0.2) is 6.20 Å². The first-order chi connectivity index (χ1) is 10.8. The van der Waals surface area contributed by atoms with E-state index >= 15 is 0 Å². The van der Waals surface area contributed by atoms with Crippen molar-refractivity contribution in [2.45, 2.75) is 31.5 Å². The number of aromatic nitrogens is 3. The predicted molar refractivity (Wildman–Crippen MR) is 78.2 cm³/mol. The second-order valence-electron chi connectivity index (χ2n) is 5.40. The third kappa shape index (κ3) is 2.32. The van der Waals surface area contributed by atoms with Crippen LogP contribution in [0.4, 0.5) is 5.82 Å². The van der Waals surface area contributed by atoms with E-state index in [-0.39, 0.29) is 22.4 Å². The zero-order valence-corrected chi connectivity index (χ0v) is 12.2. The number of aliphatic hydroxyl groups excluding tert-OH is 3. The molecule has 2 aromatic heterocycles. The molecule has 0 aliphatic carbocycles. The van der Waals surface area contributed by atoms with E-state index in [2.05, 4.69) is 9.97 Å². The number of rotatable bonds is 3. The number of fused-ring (bicyclic) bond motifs is 1. The number of aliphatic hydroxyl groups is 3. The number of amides is 1. The molecule has 7 N–H and O–H groups in total. The number of carbonyl (C=O) groups excluding carboxylic acids is 1. The Hall–Kier alpha value is -2.27. The fourth-order valence-corrected chi connectivity index (χ4v) is 2.78. The van der Waals surface area contributed by atoms with Gasteiger partial charge in [-0.1, -0.05) is 0 Å². The topological polar surface area (TPSA) is 170 Å². The first-order valence-corrected chi connectivity index (χ1v) is 6.92. The maximum atomic E-state index is 11.7. The molecule has 0 spiro atoms. The summed E-state index contributed by atoms with van der Waals surface area (Å²) in [5.41, 5.74) is 11.5. The van der Waals surface area contributed by atoms with Gasteiger partial charge >= 0.3 is 0 Å². The minimum absolute atomic E-state index is 0.0757.